The van der Waals surface area contributed by atoms with Crippen LogP contribution in [0.1, 0.15) is 33.1 Å². The first kappa shape index (κ1) is 11.4. The van der Waals surface area contributed by atoms with Gasteiger partial charge in [0.1, 0.15) is 0 Å². The standard InChI is InChI=1S/C12H24N2O/c1-11(2,9-12(13)3-4-12)10-14-5-7-15-8-6-14/h3-10,13H2,1-2H3. The van der Waals surface area contributed by atoms with Crippen molar-refractivity contribution in [2.45, 2.75) is 38.6 Å². The van der Waals surface area contributed by atoms with Gasteiger partial charge in [-0.2, -0.15) is 0 Å². The van der Waals surface area contributed by atoms with Crippen LogP contribution in [0.25, 0.3) is 0 Å². The van der Waals surface area contributed by atoms with E-state index in [1.165, 1.54) is 12.8 Å². The summed E-state index contributed by atoms with van der Waals surface area (Å²) in [4.78, 5) is 2.51. The summed E-state index contributed by atoms with van der Waals surface area (Å²) < 4.78 is 5.36. The molecule has 0 radical (unpaired) electrons. The first-order valence-electron chi connectivity index (χ1n) is 6.08. The molecule has 1 saturated carbocycles. The highest BCUT2D eigenvalue weighted by Gasteiger charge is 2.42. The predicted molar refractivity (Wildman–Crippen MR) is 61.8 cm³/mol. The van der Waals surface area contributed by atoms with Crippen LogP contribution in [-0.4, -0.2) is 43.3 Å². The second-order valence-electron chi connectivity index (χ2n) is 6.09. The number of nitrogens with two attached hydrogens (primary N) is 1. The van der Waals surface area contributed by atoms with Gasteiger partial charge in [0.15, 0.2) is 0 Å². The zero-order valence-corrected chi connectivity index (χ0v) is 10.1. The van der Waals surface area contributed by atoms with Crippen LogP contribution in [0.3, 0.4) is 0 Å². The predicted octanol–water partition coefficient (Wildman–Crippen LogP) is 1.23. The van der Waals surface area contributed by atoms with E-state index >= 15 is 0 Å². The van der Waals surface area contributed by atoms with Crippen molar-refractivity contribution in [2.24, 2.45) is 11.1 Å². The molecule has 15 heavy (non-hydrogen) atoms. The lowest BCUT2D eigenvalue weighted by Gasteiger charge is -2.36. The van der Waals surface area contributed by atoms with Crippen LogP contribution in [0, 0.1) is 5.41 Å². The van der Waals surface area contributed by atoms with Crippen LogP contribution in [0.2, 0.25) is 0 Å². The van der Waals surface area contributed by atoms with Crippen LogP contribution in [0.15, 0.2) is 0 Å². The summed E-state index contributed by atoms with van der Waals surface area (Å²) in [6, 6.07) is 0. The Hall–Kier alpha value is -0.120. The summed E-state index contributed by atoms with van der Waals surface area (Å²) >= 11 is 0. The second-order valence-corrected chi connectivity index (χ2v) is 6.09. The number of hydrogen-bond donors (Lipinski definition) is 1. The summed E-state index contributed by atoms with van der Waals surface area (Å²) in [7, 11) is 0. The Bertz CT molecular complexity index is 218. The fraction of sp³-hybridized carbons (Fsp3) is 1.00. The third-order valence-corrected chi connectivity index (χ3v) is 3.48. The molecule has 0 aromatic carbocycles. The van der Waals surface area contributed by atoms with E-state index in [9.17, 15) is 0 Å². The summed E-state index contributed by atoms with van der Waals surface area (Å²) in [5.74, 6) is 0. The molecular formula is C12H24N2O. The van der Waals surface area contributed by atoms with Gasteiger partial charge in [-0.05, 0) is 24.7 Å². The average molecular weight is 212 g/mol. The van der Waals surface area contributed by atoms with Gasteiger partial charge in [-0.25, -0.2) is 0 Å². The Morgan fingerprint density at radius 2 is 1.87 bits per heavy atom. The zero-order valence-electron chi connectivity index (χ0n) is 10.1. The Labute approximate surface area is 93.0 Å². The van der Waals surface area contributed by atoms with Crippen molar-refractivity contribution in [1.82, 2.24) is 4.90 Å². The molecule has 2 rings (SSSR count). The number of rotatable bonds is 4. The van der Waals surface area contributed by atoms with Crippen molar-refractivity contribution in [3.05, 3.63) is 0 Å². The molecule has 3 nitrogen and oxygen atoms in total. The fourth-order valence-electron chi connectivity index (χ4n) is 2.71. The lowest BCUT2D eigenvalue weighted by Crippen LogP contribution is -2.44. The molecule has 0 amide bonds. The van der Waals surface area contributed by atoms with Crippen LogP contribution >= 0.6 is 0 Å². The first-order chi connectivity index (χ1) is 6.99. The van der Waals surface area contributed by atoms with E-state index in [2.05, 4.69) is 18.7 Å². The quantitative estimate of drug-likeness (QED) is 0.761. The van der Waals surface area contributed by atoms with Gasteiger partial charge in [-0.3, -0.25) is 4.90 Å². The van der Waals surface area contributed by atoms with Gasteiger partial charge in [-0.15, -0.1) is 0 Å². The molecule has 88 valence electrons. The Morgan fingerprint density at radius 3 is 2.40 bits per heavy atom. The topological polar surface area (TPSA) is 38.5 Å². The van der Waals surface area contributed by atoms with Crippen molar-refractivity contribution in [2.75, 3.05) is 32.8 Å². The van der Waals surface area contributed by atoms with E-state index in [0.717, 1.165) is 39.3 Å². The Kier molecular flexibility index (Phi) is 3.06. The monoisotopic (exact) mass is 212 g/mol. The lowest BCUT2D eigenvalue weighted by atomic mass is 9.84. The van der Waals surface area contributed by atoms with E-state index in [-0.39, 0.29) is 5.54 Å². The number of hydrogen-bond acceptors (Lipinski definition) is 3. The maximum absolute atomic E-state index is 6.19. The lowest BCUT2D eigenvalue weighted by molar-refractivity contribution is 0.0187. The maximum Gasteiger partial charge on any atom is 0.0594 e. The van der Waals surface area contributed by atoms with E-state index in [0.29, 0.717) is 5.41 Å². The molecule has 0 spiro atoms. The van der Waals surface area contributed by atoms with Crippen molar-refractivity contribution >= 4 is 0 Å². The molecule has 3 heteroatoms. The normalized spacial score (nSPS) is 26.6. The van der Waals surface area contributed by atoms with E-state index in [1.54, 1.807) is 0 Å². The molecule has 0 unspecified atom stereocenters. The minimum atomic E-state index is 0.176. The van der Waals surface area contributed by atoms with Gasteiger partial charge in [0.25, 0.3) is 0 Å². The first-order valence-corrected chi connectivity index (χ1v) is 6.08. The molecule has 2 aliphatic rings. The third-order valence-electron chi connectivity index (χ3n) is 3.48. The molecule has 1 aliphatic carbocycles. The molecule has 1 saturated heterocycles. The van der Waals surface area contributed by atoms with Gasteiger partial charge < -0.3 is 10.5 Å². The smallest absolute Gasteiger partial charge is 0.0594 e. The SMILES string of the molecule is CC(C)(CN1CCOCC1)CC1(N)CC1. The average Bonchev–Trinajstić information content (AvgIpc) is 2.82. The molecule has 0 aromatic rings. The minimum absolute atomic E-state index is 0.176. The van der Waals surface area contributed by atoms with Crippen molar-refractivity contribution in [1.29, 1.82) is 0 Å². The van der Waals surface area contributed by atoms with Gasteiger partial charge in [0, 0.05) is 25.2 Å². The highest BCUT2D eigenvalue weighted by Crippen LogP contribution is 2.42. The van der Waals surface area contributed by atoms with E-state index in [1.807, 2.05) is 0 Å². The second kappa shape index (κ2) is 4.04. The molecule has 0 aromatic heterocycles. The van der Waals surface area contributed by atoms with E-state index < -0.39 is 0 Å². The summed E-state index contributed by atoms with van der Waals surface area (Å²) in [6.45, 7) is 9.80. The molecule has 0 bridgehead atoms. The summed E-state index contributed by atoms with van der Waals surface area (Å²) in [6.07, 6.45) is 3.61. The largest absolute Gasteiger partial charge is 0.379 e. The highest BCUT2D eigenvalue weighted by molar-refractivity contribution is 5.02. The van der Waals surface area contributed by atoms with Crippen LogP contribution in [-0.2, 0) is 4.74 Å². The highest BCUT2D eigenvalue weighted by atomic mass is 16.5. The molecule has 0 atom stereocenters. The zero-order chi connectivity index (χ0) is 10.9. The summed E-state index contributed by atoms with van der Waals surface area (Å²) in [5.41, 5.74) is 6.72. The molecule has 2 N–H and O–H groups in total. The Morgan fingerprint density at radius 1 is 1.27 bits per heavy atom. The fourth-order valence-corrected chi connectivity index (χ4v) is 2.71. The van der Waals surface area contributed by atoms with Gasteiger partial charge in [0.2, 0.25) is 0 Å². The molecule has 1 aliphatic heterocycles. The minimum Gasteiger partial charge on any atom is -0.379 e. The van der Waals surface area contributed by atoms with E-state index in [4.69, 9.17) is 10.5 Å². The maximum atomic E-state index is 6.19. The molecule has 1 heterocycles. The molecule has 2 fully saturated rings. The van der Waals surface area contributed by atoms with Crippen LogP contribution < -0.4 is 5.73 Å². The number of morpholine rings is 1. The van der Waals surface area contributed by atoms with Crippen LogP contribution in [0.4, 0.5) is 0 Å². The van der Waals surface area contributed by atoms with Gasteiger partial charge >= 0.3 is 0 Å². The van der Waals surface area contributed by atoms with Crippen LogP contribution in [0.5, 0.6) is 0 Å². The Balaban J connectivity index is 1.80. The van der Waals surface area contributed by atoms with Crippen molar-refractivity contribution in [3.8, 4) is 0 Å². The van der Waals surface area contributed by atoms with Gasteiger partial charge in [-0.1, -0.05) is 13.8 Å². The number of nitrogens with zero attached hydrogens (tertiary/aromatic N) is 1. The number of ether oxygens (including phenoxy) is 1. The third kappa shape index (κ3) is 3.44. The van der Waals surface area contributed by atoms with Gasteiger partial charge in [0.05, 0.1) is 13.2 Å². The summed E-state index contributed by atoms with van der Waals surface area (Å²) in [5, 5.41) is 0. The van der Waals surface area contributed by atoms with Crippen molar-refractivity contribution < 1.29 is 4.74 Å². The van der Waals surface area contributed by atoms with Crippen molar-refractivity contribution in [3.63, 3.8) is 0 Å². The molecular weight excluding hydrogens is 188 g/mol.